The predicted molar refractivity (Wildman–Crippen MR) is 66.1 cm³/mol. The molecule has 102 valence electrons. The standard InChI is InChI=1S/C12H21N3O3/c1-9-7-13-8-10(9)11(16)14-3-5-15(6-4-14)12(17)18-2/h9-10,13H,3-8H2,1-2H3/t9-,10-/m1/s1. The quantitative estimate of drug-likeness (QED) is 0.702. The van der Waals surface area contributed by atoms with Crippen molar-refractivity contribution in [3.05, 3.63) is 0 Å². The molecule has 2 aliphatic heterocycles. The molecule has 1 N–H and O–H groups in total. The van der Waals surface area contributed by atoms with Crippen molar-refractivity contribution >= 4 is 12.0 Å². The maximum atomic E-state index is 12.3. The average Bonchev–Trinajstić information content (AvgIpc) is 2.83. The molecule has 0 aliphatic carbocycles. The van der Waals surface area contributed by atoms with Gasteiger partial charge >= 0.3 is 6.09 Å². The zero-order valence-corrected chi connectivity index (χ0v) is 11.0. The van der Waals surface area contributed by atoms with E-state index in [1.54, 1.807) is 4.90 Å². The Morgan fingerprint density at radius 3 is 2.22 bits per heavy atom. The van der Waals surface area contributed by atoms with Crippen LogP contribution in [0.1, 0.15) is 6.92 Å². The summed E-state index contributed by atoms with van der Waals surface area (Å²) in [5.74, 6) is 0.711. The minimum Gasteiger partial charge on any atom is -0.453 e. The number of carbonyl (C=O) groups excluding carboxylic acids is 2. The SMILES string of the molecule is COC(=O)N1CCN(C(=O)[C@@H]2CNC[C@H]2C)CC1. The zero-order chi connectivity index (χ0) is 13.1. The molecule has 2 atom stereocenters. The van der Waals surface area contributed by atoms with Crippen molar-refractivity contribution < 1.29 is 14.3 Å². The molecule has 6 heteroatoms. The van der Waals surface area contributed by atoms with E-state index in [0.29, 0.717) is 32.1 Å². The molecular weight excluding hydrogens is 234 g/mol. The average molecular weight is 255 g/mol. The number of hydrogen-bond donors (Lipinski definition) is 1. The van der Waals surface area contributed by atoms with E-state index in [1.807, 2.05) is 4.90 Å². The predicted octanol–water partition coefficient (Wildman–Crippen LogP) is -0.247. The van der Waals surface area contributed by atoms with E-state index in [1.165, 1.54) is 7.11 Å². The Morgan fingerprint density at radius 2 is 1.72 bits per heavy atom. The van der Waals surface area contributed by atoms with Crippen LogP contribution < -0.4 is 5.32 Å². The third-order valence-electron chi connectivity index (χ3n) is 3.86. The summed E-state index contributed by atoms with van der Waals surface area (Å²) >= 11 is 0. The van der Waals surface area contributed by atoms with Crippen molar-refractivity contribution in [2.75, 3.05) is 46.4 Å². The summed E-state index contributed by atoms with van der Waals surface area (Å²) in [6.07, 6.45) is -0.307. The summed E-state index contributed by atoms with van der Waals surface area (Å²) in [5, 5.41) is 3.25. The second kappa shape index (κ2) is 5.56. The van der Waals surface area contributed by atoms with E-state index >= 15 is 0 Å². The van der Waals surface area contributed by atoms with Crippen molar-refractivity contribution in [1.82, 2.24) is 15.1 Å². The number of rotatable bonds is 1. The lowest BCUT2D eigenvalue weighted by atomic mass is 9.96. The van der Waals surface area contributed by atoms with Gasteiger partial charge in [0, 0.05) is 32.7 Å². The first-order valence-corrected chi connectivity index (χ1v) is 6.46. The Morgan fingerprint density at radius 1 is 1.11 bits per heavy atom. The molecule has 0 radical (unpaired) electrons. The number of ether oxygens (including phenoxy) is 1. The lowest BCUT2D eigenvalue weighted by molar-refractivity contribution is -0.137. The summed E-state index contributed by atoms with van der Waals surface area (Å²) in [4.78, 5) is 27.2. The highest BCUT2D eigenvalue weighted by atomic mass is 16.5. The van der Waals surface area contributed by atoms with Crippen LogP contribution in [-0.2, 0) is 9.53 Å². The molecule has 2 aliphatic rings. The maximum absolute atomic E-state index is 12.3. The highest BCUT2D eigenvalue weighted by Crippen LogP contribution is 2.19. The zero-order valence-electron chi connectivity index (χ0n) is 11.0. The van der Waals surface area contributed by atoms with Gasteiger partial charge in [0.15, 0.2) is 0 Å². The van der Waals surface area contributed by atoms with Gasteiger partial charge in [-0.1, -0.05) is 6.92 Å². The Hall–Kier alpha value is -1.30. The number of amides is 2. The van der Waals surface area contributed by atoms with Gasteiger partial charge in [0.1, 0.15) is 0 Å². The monoisotopic (exact) mass is 255 g/mol. The number of piperazine rings is 1. The van der Waals surface area contributed by atoms with E-state index in [0.717, 1.165) is 13.1 Å². The normalized spacial score (nSPS) is 28.3. The van der Waals surface area contributed by atoms with Crippen molar-refractivity contribution in [3.8, 4) is 0 Å². The van der Waals surface area contributed by atoms with E-state index in [-0.39, 0.29) is 17.9 Å². The van der Waals surface area contributed by atoms with Crippen molar-refractivity contribution in [2.24, 2.45) is 11.8 Å². The smallest absolute Gasteiger partial charge is 0.409 e. The lowest BCUT2D eigenvalue weighted by Crippen LogP contribution is -2.52. The number of carbonyl (C=O) groups is 2. The lowest BCUT2D eigenvalue weighted by Gasteiger charge is -2.35. The summed E-state index contributed by atoms with van der Waals surface area (Å²) in [7, 11) is 1.38. The topological polar surface area (TPSA) is 61.9 Å². The summed E-state index contributed by atoms with van der Waals surface area (Å²) < 4.78 is 4.68. The summed E-state index contributed by atoms with van der Waals surface area (Å²) in [6, 6.07) is 0. The molecular formula is C12H21N3O3. The number of methoxy groups -OCH3 is 1. The van der Waals surface area contributed by atoms with Gasteiger partial charge in [-0.25, -0.2) is 4.79 Å². The minimum atomic E-state index is -0.307. The first kappa shape index (κ1) is 13.1. The van der Waals surface area contributed by atoms with Gasteiger partial charge in [-0.05, 0) is 12.5 Å². The van der Waals surface area contributed by atoms with Crippen LogP contribution in [0.15, 0.2) is 0 Å². The highest BCUT2D eigenvalue weighted by Gasteiger charge is 2.34. The maximum Gasteiger partial charge on any atom is 0.409 e. The van der Waals surface area contributed by atoms with Crippen LogP contribution in [0.25, 0.3) is 0 Å². The molecule has 0 saturated carbocycles. The van der Waals surface area contributed by atoms with Gasteiger partial charge in [-0.3, -0.25) is 4.79 Å². The van der Waals surface area contributed by atoms with E-state index in [9.17, 15) is 9.59 Å². The Labute approximate surface area is 107 Å². The van der Waals surface area contributed by atoms with Gasteiger partial charge in [-0.2, -0.15) is 0 Å². The van der Waals surface area contributed by atoms with Crippen LogP contribution >= 0.6 is 0 Å². The van der Waals surface area contributed by atoms with Crippen LogP contribution in [0.3, 0.4) is 0 Å². The number of hydrogen-bond acceptors (Lipinski definition) is 4. The van der Waals surface area contributed by atoms with Gasteiger partial charge in [0.2, 0.25) is 5.91 Å². The van der Waals surface area contributed by atoms with Crippen LogP contribution in [0.5, 0.6) is 0 Å². The van der Waals surface area contributed by atoms with Gasteiger partial charge in [0.25, 0.3) is 0 Å². The minimum absolute atomic E-state index is 0.0923. The van der Waals surface area contributed by atoms with E-state index in [4.69, 9.17) is 0 Å². The second-order valence-corrected chi connectivity index (χ2v) is 5.02. The molecule has 2 heterocycles. The fraction of sp³-hybridized carbons (Fsp3) is 0.833. The summed E-state index contributed by atoms with van der Waals surface area (Å²) in [6.45, 7) is 6.14. The molecule has 0 unspecified atom stereocenters. The molecule has 18 heavy (non-hydrogen) atoms. The van der Waals surface area contributed by atoms with Crippen LogP contribution in [0.4, 0.5) is 4.79 Å². The first-order chi connectivity index (χ1) is 8.63. The fourth-order valence-corrected chi connectivity index (χ4v) is 2.61. The first-order valence-electron chi connectivity index (χ1n) is 6.46. The number of nitrogens with zero attached hydrogens (tertiary/aromatic N) is 2. The third kappa shape index (κ3) is 2.58. The van der Waals surface area contributed by atoms with Crippen molar-refractivity contribution in [2.45, 2.75) is 6.92 Å². The van der Waals surface area contributed by atoms with Crippen molar-refractivity contribution in [1.29, 1.82) is 0 Å². The highest BCUT2D eigenvalue weighted by molar-refractivity contribution is 5.80. The van der Waals surface area contributed by atoms with Gasteiger partial charge in [-0.15, -0.1) is 0 Å². The molecule has 2 fully saturated rings. The Balaban J connectivity index is 1.86. The third-order valence-corrected chi connectivity index (χ3v) is 3.86. The number of nitrogens with one attached hydrogen (secondary N) is 1. The molecule has 2 amide bonds. The molecule has 0 spiro atoms. The van der Waals surface area contributed by atoms with Gasteiger partial charge in [0.05, 0.1) is 13.0 Å². The van der Waals surface area contributed by atoms with Crippen LogP contribution in [-0.4, -0.2) is 68.2 Å². The molecule has 0 bridgehead atoms. The molecule has 2 saturated heterocycles. The largest absolute Gasteiger partial charge is 0.453 e. The second-order valence-electron chi connectivity index (χ2n) is 5.02. The Bertz CT molecular complexity index is 327. The van der Waals surface area contributed by atoms with Crippen LogP contribution in [0.2, 0.25) is 0 Å². The van der Waals surface area contributed by atoms with Gasteiger partial charge < -0.3 is 19.9 Å². The summed E-state index contributed by atoms with van der Waals surface area (Å²) in [5.41, 5.74) is 0. The molecule has 6 nitrogen and oxygen atoms in total. The van der Waals surface area contributed by atoms with Crippen molar-refractivity contribution in [3.63, 3.8) is 0 Å². The molecule has 0 aromatic heterocycles. The molecule has 2 rings (SSSR count). The van der Waals surface area contributed by atoms with E-state index < -0.39 is 0 Å². The molecule has 0 aromatic carbocycles. The van der Waals surface area contributed by atoms with Crippen LogP contribution in [0, 0.1) is 11.8 Å². The van der Waals surface area contributed by atoms with E-state index in [2.05, 4.69) is 17.0 Å². The fourth-order valence-electron chi connectivity index (χ4n) is 2.61. The molecule has 0 aromatic rings. The Kier molecular flexibility index (Phi) is 4.06.